The number of unbranched alkanes of at least 4 members (excludes halogenated alkanes) is 4. The Bertz CT molecular complexity index is 1130. The summed E-state index contributed by atoms with van der Waals surface area (Å²) >= 11 is 0. The van der Waals surface area contributed by atoms with Crippen LogP contribution in [0.4, 0.5) is 0 Å². The van der Waals surface area contributed by atoms with Crippen molar-refractivity contribution in [1.29, 1.82) is 0 Å². The molecule has 0 radical (unpaired) electrons. The van der Waals surface area contributed by atoms with Crippen molar-refractivity contribution in [3.63, 3.8) is 0 Å². The number of benzene rings is 1. The van der Waals surface area contributed by atoms with Gasteiger partial charge in [-0.2, -0.15) is 0 Å². The van der Waals surface area contributed by atoms with Gasteiger partial charge in [-0.1, -0.05) is 103 Å². The Morgan fingerprint density at radius 3 is 2.10 bits per heavy atom. The molecule has 1 aromatic rings. The van der Waals surface area contributed by atoms with Crippen LogP contribution in [0.1, 0.15) is 167 Å². The van der Waals surface area contributed by atoms with Crippen LogP contribution in [0.3, 0.4) is 0 Å². The van der Waals surface area contributed by atoms with Crippen molar-refractivity contribution in [3.05, 3.63) is 48.0 Å². The summed E-state index contributed by atoms with van der Waals surface area (Å²) in [5.74, 6) is 4.74. The maximum Gasteiger partial charge on any atom is 0.204 e. The molecule has 6 rings (SSSR count). The zero-order valence-electron chi connectivity index (χ0n) is 33.0. The van der Waals surface area contributed by atoms with Crippen LogP contribution in [-0.2, 0) is 11.2 Å². The number of aldehydes is 1. The van der Waals surface area contributed by atoms with Gasteiger partial charge in [0, 0.05) is 5.56 Å². The van der Waals surface area contributed by atoms with E-state index in [-0.39, 0.29) is 6.41 Å². The lowest BCUT2D eigenvalue weighted by Crippen LogP contribution is -2.61. The van der Waals surface area contributed by atoms with Gasteiger partial charge in [0.05, 0.1) is 0 Å². The number of primary amides is 1. The summed E-state index contributed by atoms with van der Waals surface area (Å²) < 4.78 is 0. The number of allylic oxidation sites excluding steroid dienone is 1. The van der Waals surface area contributed by atoms with E-state index in [1.54, 1.807) is 6.08 Å². The van der Waals surface area contributed by atoms with Gasteiger partial charge in [-0.3, -0.25) is 9.59 Å². The molecule has 8 atom stereocenters. The fourth-order valence-electron chi connectivity index (χ4n) is 12.8. The summed E-state index contributed by atoms with van der Waals surface area (Å²) in [6.45, 7) is 19.4. The van der Waals surface area contributed by atoms with Crippen LogP contribution >= 0.6 is 0 Å². The van der Waals surface area contributed by atoms with Gasteiger partial charge < -0.3 is 11.1 Å². The summed E-state index contributed by atoms with van der Waals surface area (Å²) in [5.41, 5.74) is 8.66. The highest BCUT2D eigenvalue weighted by Gasteiger charge is 2.65. The first-order chi connectivity index (χ1) is 23.5. The van der Waals surface area contributed by atoms with E-state index in [0.29, 0.717) is 21.7 Å². The predicted molar refractivity (Wildman–Crippen MR) is 210 cm³/mol. The number of nitrogens with two attached hydrogens (primary N) is 1. The lowest BCUT2D eigenvalue weighted by Gasteiger charge is -2.68. The molecule has 8 unspecified atom stereocenters. The standard InChI is InChI=1S/C33H48O.C8H19N.C3H6.CH3NO/c1-30(2)16-6-17-32(4)28(30)15-19-31(3)26-14-20-33(21-23-8-10-24(22-34)11-9-23)18-5-7-27(33)25(26)12-13-29(31)32;1-3-4-5-6-7-8-9-2;1-3-2;2-1-3/h8-11,22,25-29H,5-7,12-21H2,1-4H3;9H,3-8H2,1-2H3;3H,1H2,2H3;1H,(H2,2,3). The van der Waals surface area contributed by atoms with Gasteiger partial charge in [-0.25, -0.2) is 0 Å². The predicted octanol–water partition coefficient (Wildman–Crippen LogP) is 11.4. The molecule has 5 saturated carbocycles. The van der Waals surface area contributed by atoms with E-state index >= 15 is 0 Å². The van der Waals surface area contributed by atoms with E-state index in [4.69, 9.17) is 4.79 Å². The minimum atomic E-state index is 0.250. The van der Waals surface area contributed by atoms with E-state index in [0.717, 1.165) is 41.4 Å². The van der Waals surface area contributed by atoms with Crippen LogP contribution in [0, 0.1) is 51.2 Å². The number of carbonyl (C=O) groups excluding carboxylic acids is 2. The second kappa shape index (κ2) is 19.1. The summed E-state index contributed by atoms with van der Waals surface area (Å²) in [7, 11) is 2.01. The molecule has 0 aliphatic heterocycles. The van der Waals surface area contributed by atoms with Gasteiger partial charge in [-0.15, -0.1) is 6.58 Å². The molecule has 0 spiro atoms. The molecule has 3 N–H and O–H groups in total. The van der Waals surface area contributed by atoms with Gasteiger partial charge in [0.25, 0.3) is 0 Å². The van der Waals surface area contributed by atoms with E-state index in [1.165, 1.54) is 128 Å². The first-order valence-electron chi connectivity index (χ1n) is 20.4. The molecule has 1 aromatic carbocycles. The Morgan fingerprint density at radius 1 is 0.796 bits per heavy atom. The van der Waals surface area contributed by atoms with Gasteiger partial charge in [0.1, 0.15) is 6.29 Å². The van der Waals surface area contributed by atoms with Crippen LogP contribution in [0.25, 0.3) is 0 Å². The SMILES string of the molecule is C=CC.CC1(C)CCCC2(C)C1CCC1(C)C3CCC4(Cc5ccc(C=O)cc5)CCCC4C3CCC12.CCCCCCCNC.NC=O. The third-order valence-electron chi connectivity index (χ3n) is 14.6. The Balaban J connectivity index is 0.000000368. The lowest BCUT2D eigenvalue weighted by atomic mass is 9.36. The first kappa shape index (κ1) is 41.5. The van der Waals surface area contributed by atoms with Crippen molar-refractivity contribution in [3.8, 4) is 0 Å². The molecule has 278 valence electrons. The molecule has 5 aliphatic carbocycles. The van der Waals surface area contributed by atoms with Crippen molar-refractivity contribution in [2.75, 3.05) is 13.6 Å². The third-order valence-corrected chi connectivity index (χ3v) is 14.6. The van der Waals surface area contributed by atoms with Gasteiger partial charge in [0.15, 0.2) is 0 Å². The molecule has 4 nitrogen and oxygen atoms in total. The van der Waals surface area contributed by atoms with Gasteiger partial charge in [-0.05, 0) is 154 Å². The van der Waals surface area contributed by atoms with E-state index in [9.17, 15) is 4.79 Å². The molecular weight excluding hydrogens is 601 g/mol. The fourth-order valence-corrected chi connectivity index (χ4v) is 12.8. The van der Waals surface area contributed by atoms with E-state index < -0.39 is 0 Å². The van der Waals surface area contributed by atoms with Gasteiger partial charge in [0.2, 0.25) is 6.41 Å². The summed E-state index contributed by atoms with van der Waals surface area (Å²) in [4.78, 5) is 19.7. The lowest BCUT2D eigenvalue weighted by molar-refractivity contribution is -0.195. The second-order valence-electron chi connectivity index (χ2n) is 17.8. The number of hydrogen-bond donors (Lipinski definition) is 2. The molecular formula is C45H76N2O2. The molecule has 49 heavy (non-hydrogen) atoms. The smallest absolute Gasteiger partial charge is 0.204 e. The van der Waals surface area contributed by atoms with Gasteiger partial charge >= 0.3 is 0 Å². The summed E-state index contributed by atoms with van der Waals surface area (Å²) in [6.07, 6.45) is 28.8. The fraction of sp³-hybridized carbons (Fsp3) is 0.778. The molecule has 4 heteroatoms. The van der Waals surface area contributed by atoms with Crippen molar-refractivity contribution in [2.24, 2.45) is 57.0 Å². The maximum atomic E-state index is 11.1. The van der Waals surface area contributed by atoms with E-state index in [2.05, 4.69) is 64.4 Å². The Morgan fingerprint density at radius 2 is 1.47 bits per heavy atom. The average molecular weight is 677 g/mol. The number of nitrogens with one attached hydrogen (secondary N) is 1. The third kappa shape index (κ3) is 9.49. The summed E-state index contributed by atoms with van der Waals surface area (Å²) in [5, 5.41) is 3.14. The minimum Gasteiger partial charge on any atom is -0.372 e. The molecule has 0 bridgehead atoms. The molecule has 5 fully saturated rings. The van der Waals surface area contributed by atoms with Crippen LogP contribution in [0.5, 0.6) is 0 Å². The summed E-state index contributed by atoms with van der Waals surface area (Å²) in [6, 6.07) is 8.55. The van der Waals surface area contributed by atoms with Crippen molar-refractivity contribution in [2.45, 2.75) is 157 Å². The molecule has 1 amide bonds. The minimum absolute atomic E-state index is 0.250. The number of carbonyl (C=O) groups is 2. The largest absolute Gasteiger partial charge is 0.372 e. The normalized spacial score (nSPS) is 35.0. The molecule has 0 heterocycles. The highest BCUT2D eigenvalue weighted by Crippen LogP contribution is 2.73. The van der Waals surface area contributed by atoms with Crippen molar-refractivity contribution >= 4 is 12.7 Å². The van der Waals surface area contributed by atoms with Crippen molar-refractivity contribution < 1.29 is 9.59 Å². The topological polar surface area (TPSA) is 72.2 Å². The molecule has 0 saturated heterocycles. The Labute approximate surface area is 302 Å². The van der Waals surface area contributed by atoms with Crippen molar-refractivity contribution in [1.82, 2.24) is 5.32 Å². The Hall–Kier alpha value is -1.94. The number of amides is 1. The van der Waals surface area contributed by atoms with Crippen LogP contribution < -0.4 is 11.1 Å². The zero-order valence-corrected chi connectivity index (χ0v) is 33.0. The highest BCUT2D eigenvalue weighted by atomic mass is 16.1. The maximum absolute atomic E-state index is 11.1. The van der Waals surface area contributed by atoms with Crippen LogP contribution in [0.15, 0.2) is 36.9 Å². The zero-order chi connectivity index (χ0) is 36.1. The first-order valence-corrected chi connectivity index (χ1v) is 20.4. The molecule has 5 aliphatic rings. The average Bonchev–Trinajstić information content (AvgIpc) is 3.50. The molecule has 0 aromatic heterocycles. The van der Waals surface area contributed by atoms with Crippen LogP contribution in [-0.4, -0.2) is 26.3 Å². The second-order valence-corrected chi connectivity index (χ2v) is 17.8. The van der Waals surface area contributed by atoms with E-state index in [1.807, 2.05) is 26.1 Å². The number of rotatable bonds is 9. The number of fused-ring (bicyclic) bond motifs is 7. The Kier molecular flexibility index (Phi) is 16.1. The number of hydrogen-bond acceptors (Lipinski definition) is 3. The van der Waals surface area contributed by atoms with Crippen LogP contribution in [0.2, 0.25) is 0 Å². The monoisotopic (exact) mass is 677 g/mol. The quantitative estimate of drug-likeness (QED) is 0.155. The highest BCUT2D eigenvalue weighted by molar-refractivity contribution is 5.74.